The van der Waals surface area contributed by atoms with Gasteiger partial charge in [-0.3, -0.25) is 0 Å². The molecule has 0 aromatic carbocycles. The molecule has 7 atom stereocenters. The van der Waals surface area contributed by atoms with E-state index in [2.05, 4.69) is 40.3 Å². The van der Waals surface area contributed by atoms with E-state index < -0.39 is 0 Å². The lowest BCUT2D eigenvalue weighted by Crippen LogP contribution is -2.54. The first-order chi connectivity index (χ1) is 10.2. The summed E-state index contributed by atoms with van der Waals surface area (Å²) in [7, 11) is 0. The fourth-order valence-corrected chi connectivity index (χ4v) is 5.94. The molecular weight excluding hydrogens is 272 g/mol. The van der Waals surface area contributed by atoms with Crippen LogP contribution < -0.4 is 0 Å². The summed E-state index contributed by atoms with van der Waals surface area (Å²) in [5, 5.41) is 10.8. The molecule has 0 unspecified atom stereocenters. The van der Waals surface area contributed by atoms with Gasteiger partial charge >= 0.3 is 0 Å². The predicted octanol–water partition coefficient (Wildman–Crippen LogP) is 4.10. The maximum Gasteiger partial charge on any atom is 0.0929 e. The monoisotopic (exact) mass is 302 g/mol. The van der Waals surface area contributed by atoms with Crippen molar-refractivity contribution in [3.8, 4) is 0 Å². The molecule has 0 aromatic heterocycles. The van der Waals surface area contributed by atoms with Crippen LogP contribution in [0.3, 0.4) is 0 Å². The molecule has 2 saturated carbocycles. The van der Waals surface area contributed by atoms with Gasteiger partial charge in [0.25, 0.3) is 0 Å². The summed E-state index contributed by atoms with van der Waals surface area (Å²) >= 11 is 0. The zero-order valence-electron chi connectivity index (χ0n) is 14.4. The molecule has 1 aliphatic heterocycles. The lowest BCUT2D eigenvalue weighted by Gasteiger charge is -2.58. The van der Waals surface area contributed by atoms with Crippen LogP contribution in [0.5, 0.6) is 0 Å². The highest BCUT2D eigenvalue weighted by Crippen LogP contribution is 2.66. The molecule has 4 aliphatic rings. The first-order valence-electron chi connectivity index (χ1n) is 8.90. The van der Waals surface area contributed by atoms with Crippen molar-refractivity contribution >= 4 is 0 Å². The molecule has 3 aliphatic carbocycles. The summed E-state index contributed by atoms with van der Waals surface area (Å²) in [4.78, 5) is 0. The summed E-state index contributed by atoms with van der Waals surface area (Å²) in [5.74, 6) is 1.23. The zero-order chi connectivity index (χ0) is 15.9. The molecular formula is C20H30O2. The number of hydrogen-bond donors (Lipinski definition) is 1. The van der Waals surface area contributed by atoms with Gasteiger partial charge in [-0.05, 0) is 42.9 Å². The van der Waals surface area contributed by atoms with Crippen LogP contribution >= 0.6 is 0 Å². The molecule has 22 heavy (non-hydrogen) atoms. The van der Waals surface area contributed by atoms with E-state index >= 15 is 0 Å². The number of epoxide rings is 1. The number of hydrogen-bond acceptors (Lipinski definition) is 2. The van der Waals surface area contributed by atoms with Crippen molar-refractivity contribution in [3.63, 3.8) is 0 Å². The van der Waals surface area contributed by atoms with Gasteiger partial charge in [-0.15, -0.1) is 6.58 Å². The SMILES string of the molecule is C=C[C@]1(C)C[C@@H]2CC=C3[C@H](C[C@H]4O[C@H]4C3(C)C)[C@@]2(C)C[C@H]1O. The van der Waals surface area contributed by atoms with Crippen LogP contribution in [0, 0.1) is 28.1 Å². The van der Waals surface area contributed by atoms with E-state index in [1.807, 2.05) is 6.08 Å². The Balaban J connectivity index is 1.73. The van der Waals surface area contributed by atoms with Gasteiger partial charge in [-0.1, -0.05) is 45.4 Å². The first-order valence-corrected chi connectivity index (χ1v) is 8.90. The standard InChI is InChI=1S/C20H30O2/c1-6-19(4)10-12-7-8-13-14(20(12,5)11-16(19)21)9-15-17(22-15)18(13,2)3/h6,8,12,14-17,21H,1,7,9-11H2,2-5H3/t12-,14-,15+,16+,17+,19+,20-/m0/s1. The smallest absolute Gasteiger partial charge is 0.0929 e. The summed E-state index contributed by atoms with van der Waals surface area (Å²) in [5.41, 5.74) is 1.86. The third kappa shape index (κ3) is 1.74. The van der Waals surface area contributed by atoms with Crippen LogP contribution in [0.4, 0.5) is 0 Å². The van der Waals surface area contributed by atoms with Crippen molar-refractivity contribution in [2.75, 3.05) is 0 Å². The Morgan fingerprint density at radius 2 is 2.00 bits per heavy atom. The van der Waals surface area contributed by atoms with Crippen LogP contribution in [-0.2, 0) is 4.74 Å². The van der Waals surface area contributed by atoms with Gasteiger partial charge in [-0.2, -0.15) is 0 Å². The van der Waals surface area contributed by atoms with E-state index in [0.29, 0.717) is 24.0 Å². The number of fused-ring (bicyclic) bond motifs is 4. The molecule has 0 aromatic rings. The zero-order valence-corrected chi connectivity index (χ0v) is 14.4. The lowest BCUT2D eigenvalue weighted by molar-refractivity contribution is -0.0889. The fraction of sp³-hybridized carbons (Fsp3) is 0.800. The maximum absolute atomic E-state index is 10.8. The van der Waals surface area contributed by atoms with Crippen LogP contribution in [-0.4, -0.2) is 23.4 Å². The van der Waals surface area contributed by atoms with Crippen LogP contribution in [0.25, 0.3) is 0 Å². The molecule has 122 valence electrons. The highest BCUT2D eigenvalue weighted by atomic mass is 16.6. The van der Waals surface area contributed by atoms with Gasteiger partial charge in [-0.25, -0.2) is 0 Å². The molecule has 0 spiro atoms. The third-order valence-corrected chi connectivity index (χ3v) is 7.78. The first kappa shape index (κ1) is 15.0. The second kappa shape index (κ2) is 4.27. The highest BCUT2D eigenvalue weighted by Gasteiger charge is 2.63. The number of aliphatic hydroxyl groups is 1. The van der Waals surface area contributed by atoms with Crippen molar-refractivity contribution in [1.82, 2.24) is 0 Å². The number of allylic oxidation sites excluding steroid dienone is 1. The summed E-state index contributed by atoms with van der Waals surface area (Å²) in [6.45, 7) is 13.3. The Bertz CT molecular complexity index is 548. The van der Waals surface area contributed by atoms with Crippen LogP contribution in [0.1, 0.15) is 53.4 Å². The normalized spacial score (nSPS) is 55.3. The third-order valence-electron chi connectivity index (χ3n) is 7.78. The Kier molecular flexibility index (Phi) is 2.90. The molecule has 1 heterocycles. The minimum absolute atomic E-state index is 0.127. The summed E-state index contributed by atoms with van der Waals surface area (Å²) in [6.07, 6.45) is 9.40. The predicted molar refractivity (Wildman–Crippen MR) is 88.4 cm³/mol. The van der Waals surface area contributed by atoms with Crippen molar-refractivity contribution < 1.29 is 9.84 Å². The number of ether oxygens (including phenoxy) is 1. The van der Waals surface area contributed by atoms with Crippen molar-refractivity contribution in [1.29, 1.82) is 0 Å². The topological polar surface area (TPSA) is 32.8 Å². The van der Waals surface area contributed by atoms with Gasteiger partial charge in [0.1, 0.15) is 0 Å². The van der Waals surface area contributed by atoms with Crippen LogP contribution in [0.2, 0.25) is 0 Å². The minimum atomic E-state index is -0.272. The fourth-order valence-electron chi connectivity index (χ4n) is 5.94. The molecule has 3 fully saturated rings. The van der Waals surface area contributed by atoms with Gasteiger partial charge in [0.2, 0.25) is 0 Å². The van der Waals surface area contributed by atoms with Crippen molar-refractivity contribution in [3.05, 3.63) is 24.3 Å². The number of aliphatic hydroxyl groups excluding tert-OH is 1. The van der Waals surface area contributed by atoms with E-state index in [0.717, 1.165) is 25.7 Å². The minimum Gasteiger partial charge on any atom is -0.392 e. The van der Waals surface area contributed by atoms with E-state index in [-0.39, 0.29) is 22.3 Å². The van der Waals surface area contributed by atoms with Gasteiger partial charge in [0.05, 0.1) is 18.3 Å². The molecule has 0 radical (unpaired) electrons. The Morgan fingerprint density at radius 1 is 1.27 bits per heavy atom. The summed E-state index contributed by atoms with van der Waals surface area (Å²) < 4.78 is 5.98. The Hall–Kier alpha value is -0.600. The average Bonchev–Trinajstić information content (AvgIpc) is 3.22. The van der Waals surface area contributed by atoms with Gasteiger partial charge in [0, 0.05) is 10.8 Å². The van der Waals surface area contributed by atoms with Crippen molar-refractivity contribution in [2.24, 2.45) is 28.1 Å². The van der Waals surface area contributed by atoms with Crippen molar-refractivity contribution in [2.45, 2.75) is 71.7 Å². The Labute approximate surface area is 134 Å². The second-order valence-electron chi connectivity index (χ2n) is 9.34. The molecule has 2 nitrogen and oxygen atoms in total. The van der Waals surface area contributed by atoms with Crippen LogP contribution in [0.15, 0.2) is 24.3 Å². The molecule has 0 amide bonds. The van der Waals surface area contributed by atoms with Gasteiger partial charge in [0.15, 0.2) is 0 Å². The maximum atomic E-state index is 10.8. The molecule has 2 heteroatoms. The average molecular weight is 302 g/mol. The Morgan fingerprint density at radius 3 is 2.68 bits per heavy atom. The summed E-state index contributed by atoms with van der Waals surface area (Å²) in [6, 6.07) is 0. The molecule has 0 bridgehead atoms. The van der Waals surface area contributed by atoms with E-state index in [1.165, 1.54) is 0 Å². The lowest BCUT2D eigenvalue weighted by atomic mass is 9.46. The quantitative estimate of drug-likeness (QED) is 0.584. The molecule has 4 rings (SSSR count). The largest absolute Gasteiger partial charge is 0.392 e. The van der Waals surface area contributed by atoms with E-state index in [4.69, 9.17) is 4.74 Å². The highest BCUT2D eigenvalue weighted by molar-refractivity contribution is 5.32. The van der Waals surface area contributed by atoms with E-state index in [9.17, 15) is 5.11 Å². The molecule has 1 saturated heterocycles. The molecule has 1 N–H and O–H groups in total. The number of rotatable bonds is 1. The second-order valence-corrected chi connectivity index (χ2v) is 9.34. The van der Waals surface area contributed by atoms with Gasteiger partial charge < -0.3 is 9.84 Å². The van der Waals surface area contributed by atoms with E-state index in [1.54, 1.807) is 5.57 Å².